The molecule has 0 unspecified atom stereocenters. The number of fused-ring (bicyclic) bond motifs is 1. The lowest BCUT2D eigenvalue weighted by molar-refractivity contribution is 0.101. The molecule has 2 heteroatoms. The van der Waals surface area contributed by atoms with Gasteiger partial charge in [0.15, 0.2) is 5.78 Å². The van der Waals surface area contributed by atoms with Gasteiger partial charge in [-0.2, -0.15) is 0 Å². The zero-order valence-electron chi connectivity index (χ0n) is 8.78. The van der Waals surface area contributed by atoms with Crippen molar-refractivity contribution in [2.45, 2.75) is 6.92 Å². The summed E-state index contributed by atoms with van der Waals surface area (Å²) in [5.74, 6) is 0.693. The van der Waals surface area contributed by atoms with Crippen molar-refractivity contribution in [2.75, 3.05) is 7.11 Å². The van der Waals surface area contributed by atoms with E-state index in [0.29, 0.717) is 11.3 Å². The maximum atomic E-state index is 11.4. The van der Waals surface area contributed by atoms with E-state index in [4.69, 9.17) is 4.74 Å². The summed E-state index contributed by atoms with van der Waals surface area (Å²) in [4.78, 5) is 11.4. The predicted octanol–water partition coefficient (Wildman–Crippen LogP) is 3.05. The highest BCUT2D eigenvalue weighted by molar-refractivity contribution is 6.03. The molecule has 0 aliphatic heterocycles. The molecular weight excluding hydrogens is 188 g/mol. The average molecular weight is 200 g/mol. The molecule has 0 spiro atoms. The van der Waals surface area contributed by atoms with Gasteiger partial charge in [-0.15, -0.1) is 0 Å². The SMILES string of the molecule is COc1c(C(C)=O)ccc2ccccc12. The first-order valence-electron chi connectivity index (χ1n) is 4.80. The molecule has 0 radical (unpaired) electrons. The van der Waals surface area contributed by atoms with Crippen LogP contribution >= 0.6 is 0 Å². The van der Waals surface area contributed by atoms with Crippen LogP contribution in [0.3, 0.4) is 0 Å². The van der Waals surface area contributed by atoms with Crippen LogP contribution in [0.1, 0.15) is 17.3 Å². The van der Waals surface area contributed by atoms with Gasteiger partial charge in [-0.25, -0.2) is 0 Å². The van der Waals surface area contributed by atoms with E-state index in [-0.39, 0.29) is 5.78 Å². The fourth-order valence-corrected chi connectivity index (χ4v) is 1.74. The van der Waals surface area contributed by atoms with E-state index in [9.17, 15) is 4.79 Å². The average Bonchev–Trinajstić information content (AvgIpc) is 2.27. The molecule has 2 aromatic carbocycles. The van der Waals surface area contributed by atoms with Crippen LogP contribution in [0.2, 0.25) is 0 Å². The molecular formula is C13H12O2. The summed E-state index contributed by atoms with van der Waals surface area (Å²) in [6, 6.07) is 11.6. The number of carbonyl (C=O) groups excluding carboxylic acids is 1. The van der Waals surface area contributed by atoms with E-state index in [1.165, 1.54) is 0 Å². The van der Waals surface area contributed by atoms with E-state index in [1.807, 2.05) is 36.4 Å². The number of ketones is 1. The molecule has 15 heavy (non-hydrogen) atoms. The van der Waals surface area contributed by atoms with Crippen LogP contribution in [-0.2, 0) is 0 Å². The van der Waals surface area contributed by atoms with Crippen LogP contribution in [0, 0.1) is 0 Å². The summed E-state index contributed by atoms with van der Waals surface area (Å²) < 4.78 is 5.30. The van der Waals surface area contributed by atoms with Crippen molar-refractivity contribution < 1.29 is 9.53 Å². The van der Waals surface area contributed by atoms with Gasteiger partial charge in [-0.05, 0) is 18.4 Å². The molecule has 0 N–H and O–H groups in total. The number of hydrogen-bond donors (Lipinski definition) is 0. The standard InChI is InChI=1S/C13H12O2/c1-9(14)11-8-7-10-5-3-4-6-12(10)13(11)15-2/h3-8H,1-2H3. The maximum Gasteiger partial charge on any atom is 0.163 e. The van der Waals surface area contributed by atoms with E-state index < -0.39 is 0 Å². The Morgan fingerprint density at radius 3 is 2.53 bits per heavy atom. The number of methoxy groups -OCH3 is 1. The molecule has 2 nitrogen and oxygen atoms in total. The summed E-state index contributed by atoms with van der Waals surface area (Å²) in [6.45, 7) is 1.55. The van der Waals surface area contributed by atoms with Crippen LogP contribution in [0.4, 0.5) is 0 Å². The lowest BCUT2D eigenvalue weighted by Gasteiger charge is -2.09. The Hall–Kier alpha value is -1.83. The normalized spacial score (nSPS) is 10.3. The molecule has 0 saturated heterocycles. The summed E-state index contributed by atoms with van der Waals surface area (Å²) >= 11 is 0. The van der Waals surface area contributed by atoms with Gasteiger partial charge in [0.2, 0.25) is 0 Å². The van der Waals surface area contributed by atoms with Gasteiger partial charge < -0.3 is 4.74 Å². The lowest BCUT2D eigenvalue weighted by Crippen LogP contribution is -1.97. The zero-order valence-corrected chi connectivity index (χ0v) is 8.78. The zero-order chi connectivity index (χ0) is 10.8. The Morgan fingerprint density at radius 1 is 1.13 bits per heavy atom. The van der Waals surface area contributed by atoms with Gasteiger partial charge in [0, 0.05) is 5.39 Å². The summed E-state index contributed by atoms with van der Waals surface area (Å²) in [6.07, 6.45) is 0. The lowest BCUT2D eigenvalue weighted by atomic mass is 10.0. The van der Waals surface area contributed by atoms with E-state index in [0.717, 1.165) is 10.8 Å². The van der Waals surface area contributed by atoms with Crippen molar-refractivity contribution in [1.29, 1.82) is 0 Å². The van der Waals surface area contributed by atoms with E-state index in [1.54, 1.807) is 14.0 Å². The molecule has 0 saturated carbocycles. The monoisotopic (exact) mass is 200 g/mol. The Labute approximate surface area is 88.5 Å². The Balaban J connectivity index is 2.81. The molecule has 0 amide bonds. The number of benzene rings is 2. The third-order valence-corrected chi connectivity index (χ3v) is 2.46. The van der Waals surface area contributed by atoms with Crippen molar-refractivity contribution in [3.05, 3.63) is 42.0 Å². The summed E-state index contributed by atoms with van der Waals surface area (Å²) in [5.41, 5.74) is 0.635. The van der Waals surface area contributed by atoms with Crippen LogP contribution in [0.15, 0.2) is 36.4 Å². The van der Waals surface area contributed by atoms with Crippen molar-refractivity contribution in [2.24, 2.45) is 0 Å². The molecule has 0 atom stereocenters. The molecule has 2 rings (SSSR count). The Bertz CT molecular complexity index is 515. The predicted molar refractivity (Wildman–Crippen MR) is 60.5 cm³/mol. The smallest absolute Gasteiger partial charge is 0.163 e. The minimum Gasteiger partial charge on any atom is -0.495 e. The highest BCUT2D eigenvalue weighted by Crippen LogP contribution is 2.29. The van der Waals surface area contributed by atoms with Gasteiger partial charge in [-0.1, -0.05) is 30.3 Å². The second-order valence-electron chi connectivity index (χ2n) is 3.42. The quantitative estimate of drug-likeness (QED) is 0.696. The summed E-state index contributed by atoms with van der Waals surface area (Å²) in [5, 5.41) is 2.06. The Kier molecular flexibility index (Phi) is 2.42. The van der Waals surface area contributed by atoms with Crippen molar-refractivity contribution in [3.63, 3.8) is 0 Å². The first kappa shape index (κ1) is 9.71. The number of hydrogen-bond acceptors (Lipinski definition) is 2. The maximum absolute atomic E-state index is 11.4. The molecule has 0 aromatic heterocycles. The van der Waals surface area contributed by atoms with Crippen molar-refractivity contribution in [1.82, 2.24) is 0 Å². The second kappa shape index (κ2) is 3.73. The number of Topliss-reactive ketones (excluding diaryl/α,β-unsaturated/α-hetero) is 1. The topological polar surface area (TPSA) is 26.3 Å². The molecule has 2 aromatic rings. The largest absolute Gasteiger partial charge is 0.495 e. The first-order chi connectivity index (χ1) is 7.24. The van der Waals surface area contributed by atoms with Crippen LogP contribution in [0.25, 0.3) is 10.8 Å². The van der Waals surface area contributed by atoms with Gasteiger partial charge in [0.1, 0.15) is 5.75 Å². The number of rotatable bonds is 2. The van der Waals surface area contributed by atoms with Gasteiger partial charge in [0.25, 0.3) is 0 Å². The molecule has 0 aliphatic carbocycles. The molecule has 0 heterocycles. The number of carbonyl (C=O) groups is 1. The second-order valence-corrected chi connectivity index (χ2v) is 3.42. The van der Waals surface area contributed by atoms with Crippen molar-refractivity contribution in [3.8, 4) is 5.75 Å². The highest BCUT2D eigenvalue weighted by Gasteiger charge is 2.10. The van der Waals surface area contributed by atoms with Crippen LogP contribution < -0.4 is 4.74 Å². The van der Waals surface area contributed by atoms with Gasteiger partial charge in [-0.3, -0.25) is 4.79 Å². The first-order valence-corrected chi connectivity index (χ1v) is 4.80. The fourth-order valence-electron chi connectivity index (χ4n) is 1.74. The molecule has 0 aliphatic rings. The third kappa shape index (κ3) is 1.59. The number of ether oxygens (including phenoxy) is 1. The minimum absolute atomic E-state index is 0.0256. The summed E-state index contributed by atoms with van der Waals surface area (Å²) in [7, 11) is 1.59. The van der Waals surface area contributed by atoms with Crippen LogP contribution in [-0.4, -0.2) is 12.9 Å². The van der Waals surface area contributed by atoms with Crippen molar-refractivity contribution >= 4 is 16.6 Å². The molecule has 76 valence electrons. The molecule has 0 bridgehead atoms. The molecule has 0 fully saturated rings. The van der Waals surface area contributed by atoms with Gasteiger partial charge >= 0.3 is 0 Å². The van der Waals surface area contributed by atoms with Gasteiger partial charge in [0.05, 0.1) is 12.7 Å². The van der Waals surface area contributed by atoms with E-state index >= 15 is 0 Å². The van der Waals surface area contributed by atoms with Crippen LogP contribution in [0.5, 0.6) is 5.75 Å². The Morgan fingerprint density at radius 2 is 1.87 bits per heavy atom. The highest BCUT2D eigenvalue weighted by atomic mass is 16.5. The van der Waals surface area contributed by atoms with E-state index in [2.05, 4.69) is 0 Å². The third-order valence-electron chi connectivity index (χ3n) is 2.46. The minimum atomic E-state index is 0.0256. The fraction of sp³-hybridized carbons (Fsp3) is 0.154.